The van der Waals surface area contributed by atoms with Gasteiger partial charge in [0.25, 0.3) is 0 Å². The van der Waals surface area contributed by atoms with Gasteiger partial charge in [0, 0.05) is 35.8 Å². The number of carbonyl (C=O) groups excluding carboxylic acids is 6. The molecule has 0 aromatic rings. The van der Waals surface area contributed by atoms with Crippen molar-refractivity contribution in [1.29, 1.82) is 0 Å². The predicted octanol–water partition coefficient (Wildman–Crippen LogP) is 11.3. The summed E-state index contributed by atoms with van der Waals surface area (Å²) in [6.45, 7) is 13.1. The molecule has 12 nitrogen and oxygen atoms in total. The number of hydrogen-bond acceptors (Lipinski definition) is 12. The third kappa shape index (κ3) is 131. The molecule has 453 valence electrons. The summed E-state index contributed by atoms with van der Waals surface area (Å²) < 4.78 is 0. The molecular weight excluding hydrogens is 1090 g/mol. The van der Waals surface area contributed by atoms with Gasteiger partial charge in [0.15, 0.2) is 0 Å². The summed E-state index contributed by atoms with van der Waals surface area (Å²) in [5, 5.41) is 60.1. The average Bonchev–Trinajstić information content (AvgIpc) is 3.33. The van der Waals surface area contributed by atoms with Crippen molar-refractivity contribution in [3.8, 4) is 0 Å². The molecule has 0 aliphatic carbocycles. The quantitative estimate of drug-likeness (QED) is 0.0517. The molecule has 0 unspecified atom stereocenters. The maximum atomic E-state index is 10.0. The van der Waals surface area contributed by atoms with Crippen LogP contribution in [0.15, 0.2) is 0 Å². The van der Waals surface area contributed by atoms with Crippen molar-refractivity contribution in [2.24, 2.45) is 0 Å². The SMILES string of the molecule is CCCCCCCCCC(=O)[O-].CCCCCCCCCC(=O)[O-].CCCCCCCCCC(=O)[O-].CCCCCCCCCC(=O)[O-].CCCCCCCCCC(=O)[O-].CCCCCCCCCC(=O)[O-].[Co+2].[Co+2].[Co+2]. The van der Waals surface area contributed by atoms with E-state index in [1.165, 1.54) is 193 Å². The molecular formula is C60H114Co3O12. The van der Waals surface area contributed by atoms with Crippen molar-refractivity contribution < 1.29 is 110 Å². The molecule has 0 amide bonds. The molecule has 0 aliphatic heterocycles. The molecule has 0 saturated carbocycles. The van der Waals surface area contributed by atoms with Gasteiger partial charge in [-0.15, -0.1) is 0 Å². The minimum atomic E-state index is -0.913. The Labute approximate surface area is 492 Å². The number of unbranched alkanes of at least 4 members (excludes halogenated alkanes) is 36. The third-order valence-electron chi connectivity index (χ3n) is 11.9. The maximum Gasteiger partial charge on any atom is 2.00 e. The van der Waals surface area contributed by atoms with Crippen molar-refractivity contribution in [1.82, 2.24) is 0 Å². The second kappa shape index (κ2) is 88.9. The van der Waals surface area contributed by atoms with Gasteiger partial charge in [0.05, 0.1) is 0 Å². The van der Waals surface area contributed by atoms with Gasteiger partial charge in [-0.05, 0) is 77.0 Å². The predicted molar refractivity (Wildman–Crippen MR) is 286 cm³/mol. The Morgan fingerprint density at radius 3 is 0.333 bits per heavy atom. The largest absolute Gasteiger partial charge is 2.00 e. The molecule has 0 atom stereocenters. The van der Waals surface area contributed by atoms with E-state index in [1.54, 1.807) is 0 Å². The maximum absolute atomic E-state index is 10.0. The van der Waals surface area contributed by atoms with E-state index in [0.29, 0.717) is 0 Å². The van der Waals surface area contributed by atoms with E-state index < -0.39 is 35.8 Å². The monoisotopic (exact) mass is 1200 g/mol. The van der Waals surface area contributed by atoms with E-state index in [-0.39, 0.29) is 88.9 Å². The van der Waals surface area contributed by atoms with Crippen LogP contribution in [0.3, 0.4) is 0 Å². The van der Waals surface area contributed by atoms with E-state index in [9.17, 15) is 59.4 Å². The molecule has 0 bridgehead atoms. The first-order valence-corrected chi connectivity index (χ1v) is 29.8. The Morgan fingerprint density at radius 1 is 0.173 bits per heavy atom. The van der Waals surface area contributed by atoms with E-state index in [1.807, 2.05) is 0 Å². The summed E-state index contributed by atoms with van der Waals surface area (Å²) in [5.74, 6) is -5.48. The Hall–Kier alpha value is -1.66. The van der Waals surface area contributed by atoms with Gasteiger partial charge in [0.1, 0.15) is 0 Å². The fraction of sp³-hybridized carbons (Fsp3) is 0.900. The fourth-order valence-electron chi connectivity index (χ4n) is 7.36. The zero-order valence-corrected chi connectivity index (χ0v) is 52.0. The number of carboxylic acid groups (broad SMARTS) is 6. The van der Waals surface area contributed by atoms with E-state index >= 15 is 0 Å². The fourth-order valence-corrected chi connectivity index (χ4v) is 7.36. The Morgan fingerprint density at radius 2 is 0.253 bits per heavy atom. The van der Waals surface area contributed by atoms with Gasteiger partial charge in [-0.2, -0.15) is 0 Å². The Kier molecular flexibility index (Phi) is 110. The number of hydrogen-bond donors (Lipinski definition) is 0. The zero-order chi connectivity index (χ0) is 55.4. The van der Waals surface area contributed by atoms with Crippen molar-refractivity contribution >= 4 is 35.8 Å². The summed E-state index contributed by atoms with van der Waals surface area (Å²) in [6, 6.07) is 0. The van der Waals surface area contributed by atoms with Crippen LogP contribution in [0.1, 0.15) is 350 Å². The Balaban J connectivity index is -0.0000000988. The molecule has 0 spiro atoms. The molecule has 0 rings (SSSR count). The van der Waals surface area contributed by atoms with Crippen LogP contribution in [0.5, 0.6) is 0 Å². The van der Waals surface area contributed by atoms with Crippen LogP contribution < -0.4 is 30.6 Å². The second-order valence-electron chi connectivity index (χ2n) is 19.5. The Bertz CT molecular complexity index is 898. The summed E-state index contributed by atoms with van der Waals surface area (Å²) in [6.07, 6.45) is 50.1. The van der Waals surface area contributed by atoms with Gasteiger partial charge < -0.3 is 59.4 Å². The van der Waals surface area contributed by atoms with Crippen molar-refractivity contribution in [2.45, 2.75) is 350 Å². The first-order valence-electron chi connectivity index (χ1n) is 29.8. The molecule has 0 heterocycles. The van der Waals surface area contributed by atoms with Crippen LogP contribution in [-0.4, -0.2) is 35.8 Å². The van der Waals surface area contributed by atoms with E-state index in [4.69, 9.17) is 0 Å². The topological polar surface area (TPSA) is 241 Å². The summed E-state index contributed by atoms with van der Waals surface area (Å²) in [5.41, 5.74) is 0. The zero-order valence-electron chi connectivity index (χ0n) is 48.8. The molecule has 0 aliphatic rings. The number of carbonyl (C=O) groups is 6. The summed E-state index contributed by atoms with van der Waals surface area (Å²) >= 11 is 0. The number of carboxylic acids is 6. The molecule has 0 fully saturated rings. The van der Waals surface area contributed by atoms with Crippen LogP contribution in [0.25, 0.3) is 0 Å². The average molecular weight is 1200 g/mol. The number of aliphatic carboxylic acids is 6. The molecule has 0 saturated heterocycles. The standard InChI is InChI=1S/6C10H20O2.3Co/c6*1-2-3-4-5-6-7-8-9-10(11)12;;;/h6*2-9H2,1H3,(H,11,12);;;/q;;;;;;3*+2/p-6. The normalized spacial score (nSPS) is 9.68. The summed E-state index contributed by atoms with van der Waals surface area (Å²) in [7, 11) is 0. The third-order valence-corrected chi connectivity index (χ3v) is 11.9. The minimum absolute atomic E-state index is 0. The van der Waals surface area contributed by atoms with Crippen LogP contribution in [-0.2, 0) is 79.1 Å². The van der Waals surface area contributed by atoms with Crippen LogP contribution in [0, 0.1) is 0 Å². The van der Waals surface area contributed by atoms with E-state index in [0.717, 1.165) is 77.0 Å². The van der Waals surface area contributed by atoms with Gasteiger partial charge in [0.2, 0.25) is 0 Å². The first-order chi connectivity index (χ1) is 34.6. The van der Waals surface area contributed by atoms with Gasteiger partial charge >= 0.3 is 50.3 Å². The van der Waals surface area contributed by atoms with E-state index in [2.05, 4.69) is 41.5 Å². The minimum Gasteiger partial charge on any atom is -0.550 e. The smallest absolute Gasteiger partial charge is 0.550 e. The van der Waals surface area contributed by atoms with Gasteiger partial charge in [-0.1, -0.05) is 273 Å². The van der Waals surface area contributed by atoms with Crippen LogP contribution >= 0.6 is 0 Å². The van der Waals surface area contributed by atoms with Gasteiger partial charge in [-0.25, -0.2) is 0 Å². The molecule has 3 radical (unpaired) electrons. The molecule has 75 heavy (non-hydrogen) atoms. The number of rotatable bonds is 48. The van der Waals surface area contributed by atoms with Crippen molar-refractivity contribution in [3.63, 3.8) is 0 Å². The molecule has 0 aromatic heterocycles. The van der Waals surface area contributed by atoms with Crippen LogP contribution in [0.4, 0.5) is 0 Å². The van der Waals surface area contributed by atoms with Crippen molar-refractivity contribution in [2.75, 3.05) is 0 Å². The molecule has 0 aromatic carbocycles. The molecule has 15 heteroatoms. The summed E-state index contributed by atoms with van der Waals surface area (Å²) in [4.78, 5) is 60.1. The van der Waals surface area contributed by atoms with Gasteiger partial charge in [-0.3, -0.25) is 0 Å². The van der Waals surface area contributed by atoms with Crippen molar-refractivity contribution in [3.05, 3.63) is 0 Å². The van der Waals surface area contributed by atoms with Crippen LogP contribution in [0.2, 0.25) is 0 Å². The molecule has 0 N–H and O–H groups in total. The first kappa shape index (κ1) is 92.7. The second-order valence-corrected chi connectivity index (χ2v) is 19.5.